The largest absolute Gasteiger partial charge is 0.389 e. The molecule has 0 aromatic heterocycles. The molecule has 0 amide bonds. The van der Waals surface area contributed by atoms with E-state index in [-0.39, 0.29) is 0 Å². The summed E-state index contributed by atoms with van der Waals surface area (Å²) in [5.74, 6) is 0. The van der Waals surface area contributed by atoms with Crippen molar-refractivity contribution in [1.29, 1.82) is 0 Å². The van der Waals surface area contributed by atoms with E-state index in [1.807, 2.05) is 6.92 Å². The molecule has 116 valence electrons. The normalized spacial score (nSPS) is 15.5. The van der Waals surface area contributed by atoms with Gasteiger partial charge in [-0.05, 0) is 20.3 Å². The third-order valence-electron chi connectivity index (χ3n) is 2.36. The van der Waals surface area contributed by atoms with Gasteiger partial charge in [-0.25, -0.2) is 0 Å². The summed E-state index contributed by atoms with van der Waals surface area (Å²) < 4.78 is 28.4. The fraction of sp³-hybridized carbons (Fsp3) is 1.00. The molecule has 2 N–H and O–H groups in total. The molecule has 1 unspecified atom stereocenters. The number of alkyl halides is 3. The molecule has 19 heavy (non-hydrogen) atoms. The van der Waals surface area contributed by atoms with Gasteiger partial charge in [0, 0.05) is 0 Å². The summed E-state index contributed by atoms with van der Waals surface area (Å²) in [6.07, 6.45) is 2.13. The summed E-state index contributed by atoms with van der Waals surface area (Å²) in [5.41, 5.74) is -1.22. The van der Waals surface area contributed by atoms with Crippen LogP contribution >= 0.6 is 34.8 Å². The van der Waals surface area contributed by atoms with Crippen LogP contribution in [0.4, 0.5) is 0 Å². The van der Waals surface area contributed by atoms with Crippen molar-refractivity contribution in [3.05, 3.63) is 0 Å². The Bertz CT molecular complexity index is 362. The Labute approximate surface area is 129 Å². The molecule has 9 heteroatoms. The first-order valence-corrected chi connectivity index (χ1v) is 8.37. The SMILES string of the molecule is CCCCC(NS(=O)(=O)OCC(Cl)(Cl)Cl)C(C)(C)O. The van der Waals surface area contributed by atoms with Crippen molar-refractivity contribution in [2.75, 3.05) is 6.61 Å². The molecule has 0 aromatic rings. The van der Waals surface area contributed by atoms with Crippen molar-refractivity contribution in [3.8, 4) is 0 Å². The second kappa shape index (κ2) is 7.64. The van der Waals surface area contributed by atoms with Crippen molar-refractivity contribution in [2.45, 2.75) is 55.5 Å². The van der Waals surface area contributed by atoms with E-state index < -0.39 is 32.3 Å². The fourth-order valence-corrected chi connectivity index (χ4v) is 2.83. The van der Waals surface area contributed by atoms with Crippen molar-refractivity contribution in [3.63, 3.8) is 0 Å². The Balaban J connectivity index is 4.65. The smallest absolute Gasteiger partial charge is 0.336 e. The van der Waals surface area contributed by atoms with E-state index in [0.29, 0.717) is 6.42 Å². The number of unbranched alkanes of at least 4 members (excludes halogenated alkanes) is 1. The summed E-state index contributed by atoms with van der Waals surface area (Å²) in [6, 6.07) is -0.673. The molecule has 0 saturated heterocycles. The molecule has 0 saturated carbocycles. The van der Waals surface area contributed by atoms with Crippen molar-refractivity contribution < 1.29 is 17.7 Å². The summed E-state index contributed by atoms with van der Waals surface area (Å²) in [5, 5.41) is 9.93. The highest BCUT2D eigenvalue weighted by molar-refractivity contribution is 7.84. The van der Waals surface area contributed by atoms with Gasteiger partial charge in [0.05, 0.1) is 11.6 Å². The molecule has 0 aliphatic carbocycles. The van der Waals surface area contributed by atoms with E-state index in [1.165, 1.54) is 13.8 Å². The first-order valence-electron chi connectivity index (χ1n) is 5.83. The molecule has 0 aliphatic rings. The van der Waals surface area contributed by atoms with E-state index in [9.17, 15) is 13.5 Å². The second-order valence-electron chi connectivity index (χ2n) is 4.80. The quantitative estimate of drug-likeness (QED) is 0.655. The van der Waals surface area contributed by atoms with Gasteiger partial charge in [0.15, 0.2) is 0 Å². The molecule has 0 aromatic carbocycles. The van der Waals surface area contributed by atoms with Crippen LogP contribution in [0, 0.1) is 0 Å². The van der Waals surface area contributed by atoms with Crippen LogP contribution < -0.4 is 4.72 Å². The van der Waals surface area contributed by atoms with Crippen LogP contribution in [0.5, 0.6) is 0 Å². The Morgan fingerprint density at radius 2 is 1.84 bits per heavy atom. The lowest BCUT2D eigenvalue weighted by Crippen LogP contribution is -2.49. The Hall–Kier alpha value is 0.700. The molecule has 0 spiro atoms. The molecular formula is C10H20Cl3NO4S. The standard InChI is InChI=1S/C10H20Cl3NO4S/c1-4-5-6-8(9(2,3)15)14-19(16,17)18-7-10(11,12)13/h8,14-15H,4-7H2,1-3H3. The third kappa shape index (κ3) is 10.1. The number of rotatable bonds is 8. The van der Waals surface area contributed by atoms with E-state index in [2.05, 4.69) is 8.91 Å². The second-order valence-corrected chi connectivity index (χ2v) is 8.69. The molecule has 0 radical (unpaired) electrons. The number of halogens is 3. The zero-order valence-electron chi connectivity index (χ0n) is 11.1. The van der Waals surface area contributed by atoms with Crippen LogP contribution in [0.3, 0.4) is 0 Å². The molecule has 0 heterocycles. The van der Waals surface area contributed by atoms with Gasteiger partial charge in [-0.2, -0.15) is 13.1 Å². The Morgan fingerprint density at radius 1 is 1.32 bits per heavy atom. The van der Waals surface area contributed by atoms with E-state index in [1.54, 1.807) is 0 Å². The van der Waals surface area contributed by atoms with Crippen molar-refractivity contribution in [1.82, 2.24) is 4.72 Å². The summed E-state index contributed by atoms with van der Waals surface area (Å²) in [4.78, 5) is 0. The summed E-state index contributed by atoms with van der Waals surface area (Å²) >= 11 is 16.2. The van der Waals surface area contributed by atoms with Gasteiger partial charge in [-0.3, -0.25) is 4.18 Å². The molecular weight excluding hydrogens is 337 g/mol. The number of hydrogen-bond donors (Lipinski definition) is 2. The maximum atomic E-state index is 11.7. The molecule has 5 nitrogen and oxygen atoms in total. The minimum absolute atomic E-state index is 0.482. The minimum atomic E-state index is -4.09. The molecule has 0 aliphatic heterocycles. The minimum Gasteiger partial charge on any atom is -0.389 e. The molecule has 1 atom stereocenters. The monoisotopic (exact) mass is 355 g/mol. The highest BCUT2D eigenvalue weighted by atomic mass is 35.6. The topological polar surface area (TPSA) is 75.6 Å². The summed E-state index contributed by atoms with van der Waals surface area (Å²) in [7, 11) is -4.09. The zero-order chi connectivity index (χ0) is 15.3. The number of aliphatic hydroxyl groups is 1. The maximum absolute atomic E-state index is 11.7. The van der Waals surface area contributed by atoms with Gasteiger partial charge in [0.25, 0.3) is 0 Å². The van der Waals surface area contributed by atoms with Gasteiger partial charge < -0.3 is 5.11 Å². The fourth-order valence-electron chi connectivity index (χ4n) is 1.32. The highest BCUT2D eigenvalue weighted by Gasteiger charge is 2.32. The summed E-state index contributed by atoms with van der Waals surface area (Å²) in [6.45, 7) is 4.41. The Kier molecular flexibility index (Phi) is 7.92. The van der Waals surface area contributed by atoms with E-state index >= 15 is 0 Å². The molecule has 0 fully saturated rings. The average Bonchev–Trinajstić information content (AvgIpc) is 2.19. The zero-order valence-corrected chi connectivity index (χ0v) is 14.2. The van der Waals surface area contributed by atoms with Gasteiger partial charge in [0.2, 0.25) is 3.79 Å². The predicted molar refractivity (Wildman–Crippen MR) is 77.9 cm³/mol. The van der Waals surface area contributed by atoms with Crippen molar-refractivity contribution in [2.24, 2.45) is 0 Å². The lowest BCUT2D eigenvalue weighted by Gasteiger charge is -2.29. The van der Waals surface area contributed by atoms with E-state index in [4.69, 9.17) is 34.8 Å². The molecule has 0 bridgehead atoms. The highest BCUT2D eigenvalue weighted by Crippen LogP contribution is 2.26. The first kappa shape index (κ1) is 19.7. The predicted octanol–water partition coefficient (Wildman–Crippen LogP) is 2.54. The lowest BCUT2D eigenvalue weighted by atomic mass is 9.95. The van der Waals surface area contributed by atoms with Crippen LogP contribution in [0.15, 0.2) is 0 Å². The maximum Gasteiger partial charge on any atom is 0.336 e. The van der Waals surface area contributed by atoms with Crippen LogP contribution in [-0.2, 0) is 14.5 Å². The van der Waals surface area contributed by atoms with Crippen LogP contribution in [0.25, 0.3) is 0 Å². The van der Waals surface area contributed by atoms with Crippen molar-refractivity contribution >= 4 is 45.1 Å². The van der Waals surface area contributed by atoms with Gasteiger partial charge >= 0.3 is 10.3 Å². The van der Waals surface area contributed by atoms with Gasteiger partial charge in [0.1, 0.15) is 6.61 Å². The van der Waals surface area contributed by atoms with Crippen LogP contribution in [-0.4, -0.2) is 35.6 Å². The van der Waals surface area contributed by atoms with E-state index in [0.717, 1.165) is 12.8 Å². The number of nitrogens with one attached hydrogen (secondary N) is 1. The average molecular weight is 357 g/mol. The Morgan fingerprint density at radius 3 is 2.21 bits per heavy atom. The third-order valence-corrected chi connectivity index (χ3v) is 3.69. The molecule has 0 rings (SSSR count). The lowest BCUT2D eigenvalue weighted by molar-refractivity contribution is 0.0407. The number of hydrogen-bond acceptors (Lipinski definition) is 4. The van der Waals surface area contributed by atoms with Crippen LogP contribution in [0.1, 0.15) is 40.0 Å². The van der Waals surface area contributed by atoms with Gasteiger partial charge in [-0.15, -0.1) is 0 Å². The van der Waals surface area contributed by atoms with Gasteiger partial charge in [-0.1, -0.05) is 54.6 Å². The first-order chi connectivity index (χ1) is 8.37. The van der Waals surface area contributed by atoms with Crippen LogP contribution in [0.2, 0.25) is 0 Å².